The average molecular weight is 562 g/mol. The molecule has 0 aliphatic carbocycles. The number of anilines is 1. The minimum atomic E-state index is -0.452. The largest absolute Gasteiger partial charge is 0.508 e. The molecule has 2 unspecified atom stereocenters. The van der Waals surface area contributed by atoms with E-state index in [1.54, 1.807) is 18.2 Å². The lowest BCUT2D eigenvalue weighted by Gasteiger charge is -2.34. The quantitative estimate of drug-likeness (QED) is 0.278. The van der Waals surface area contributed by atoms with E-state index in [9.17, 15) is 5.11 Å². The van der Waals surface area contributed by atoms with E-state index in [4.69, 9.17) is 14.7 Å². The molecule has 2 fully saturated rings. The Kier molecular flexibility index (Phi) is 6.01. The van der Waals surface area contributed by atoms with Crippen LogP contribution in [-0.2, 0) is 13.0 Å². The maximum atomic E-state index is 16.7. The van der Waals surface area contributed by atoms with Gasteiger partial charge in [-0.3, -0.25) is 0 Å². The molecule has 42 heavy (non-hydrogen) atoms. The van der Waals surface area contributed by atoms with Crippen molar-refractivity contribution in [3.05, 3.63) is 83.7 Å². The molecule has 3 aliphatic heterocycles. The highest BCUT2D eigenvalue weighted by Gasteiger charge is 2.34. The highest BCUT2D eigenvalue weighted by molar-refractivity contribution is 6.01. The summed E-state index contributed by atoms with van der Waals surface area (Å²) in [5, 5.41) is 16.5. The number of rotatable bonds is 4. The summed E-state index contributed by atoms with van der Waals surface area (Å²) in [6, 6.07) is 21.7. The summed E-state index contributed by atoms with van der Waals surface area (Å²) in [5.74, 6) is 1.06. The van der Waals surface area contributed by atoms with Crippen molar-refractivity contribution in [1.29, 1.82) is 0 Å². The first-order valence-corrected chi connectivity index (χ1v) is 14.7. The topological polar surface area (TPSA) is 73.8 Å². The molecule has 7 nitrogen and oxygen atoms in total. The Labute approximate surface area is 243 Å². The summed E-state index contributed by atoms with van der Waals surface area (Å²) in [4.78, 5) is 14.2. The molecular weight excluding hydrogens is 529 g/mol. The molecule has 2 atom stereocenters. The van der Waals surface area contributed by atoms with Crippen molar-refractivity contribution in [2.75, 3.05) is 31.6 Å². The van der Waals surface area contributed by atoms with Crippen LogP contribution >= 0.6 is 0 Å². The van der Waals surface area contributed by atoms with Crippen LogP contribution in [0.2, 0.25) is 0 Å². The van der Waals surface area contributed by atoms with Gasteiger partial charge in [-0.05, 0) is 72.5 Å². The molecule has 2 bridgehead atoms. The summed E-state index contributed by atoms with van der Waals surface area (Å²) in [6.07, 6.45) is 3.12. The lowest BCUT2D eigenvalue weighted by atomic mass is 9.96. The van der Waals surface area contributed by atoms with Crippen LogP contribution in [0.4, 0.5) is 10.2 Å². The van der Waals surface area contributed by atoms with Crippen molar-refractivity contribution < 1.29 is 14.2 Å². The Morgan fingerprint density at radius 3 is 2.62 bits per heavy atom. The molecule has 0 radical (unpaired) electrons. The number of hydrogen-bond donors (Lipinski definition) is 2. The van der Waals surface area contributed by atoms with E-state index in [-0.39, 0.29) is 17.3 Å². The van der Waals surface area contributed by atoms with Gasteiger partial charge < -0.3 is 25.0 Å². The summed E-state index contributed by atoms with van der Waals surface area (Å²) in [6.45, 7) is 3.40. The minimum Gasteiger partial charge on any atom is -0.508 e. The van der Waals surface area contributed by atoms with Crippen LogP contribution in [0.25, 0.3) is 32.8 Å². The van der Waals surface area contributed by atoms with Crippen molar-refractivity contribution in [3.63, 3.8) is 0 Å². The second kappa shape index (κ2) is 9.93. The summed E-state index contributed by atoms with van der Waals surface area (Å²) in [7, 11) is 2.12. The summed E-state index contributed by atoms with van der Waals surface area (Å²) in [5.41, 5.74) is 3.60. The molecule has 5 aromatic rings. The standard InChI is InChI=1S/C34H32FN5O2/c1-39-14-13-26-21(17-39)6-4-8-30(26)42-34-37-32-28(33(38-34)40-18-22-9-10-23(19-40)36-22)12-11-27(31(32)35)29-16-24(41)15-20-5-2-3-7-25(20)29/h2-8,11-12,15-16,22-23,36,41H,9-10,13-14,17-19H2,1H3. The van der Waals surface area contributed by atoms with Gasteiger partial charge in [-0.15, -0.1) is 0 Å². The third kappa shape index (κ3) is 4.33. The van der Waals surface area contributed by atoms with Crippen LogP contribution < -0.4 is 15.0 Å². The molecule has 0 saturated carbocycles. The Morgan fingerprint density at radius 1 is 0.929 bits per heavy atom. The number of piperazine rings is 1. The van der Waals surface area contributed by atoms with Gasteiger partial charge in [-0.25, -0.2) is 4.39 Å². The van der Waals surface area contributed by atoms with E-state index in [0.29, 0.717) is 34.4 Å². The van der Waals surface area contributed by atoms with Crippen molar-refractivity contribution in [2.45, 2.75) is 37.9 Å². The van der Waals surface area contributed by atoms with Crippen LogP contribution in [0.3, 0.4) is 0 Å². The summed E-state index contributed by atoms with van der Waals surface area (Å²) < 4.78 is 23.1. The van der Waals surface area contributed by atoms with Gasteiger partial charge in [0.05, 0.1) is 0 Å². The molecule has 3 aliphatic rings. The van der Waals surface area contributed by atoms with Gasteiger partial charge in [-0.2, -0.15) is 9.97 Å². The zero-order valence-corrected chi connectivity index (χ0v) is 23.5. The third-order valence-electron chi connectivity index (χ3n) is 9.03. The fourth-order valence-electron chi connectivity index (χ4n) is 7.02. The van der Waals surface area contributed by atoms with E-state index in [1.807, 2.05) is 42.5 Å². The second-order valence-corrected chi connectivity index (χ2v) is 11.9. The maximum Gasteiger partial charge on any atom is 0.324 e. The fourth-order valence-corrected chi connectivity index (χ4v) is 7.02. The van der Waals surface area contributed by atoms with Crippen LogP contribution in [0.1, 0.15) is 24.0 Å². The zero-order valence-electron chi connectivity index (χ0n) is 23.5. The molecular formula is C34H32FN5O2. The Morgan fingerprint density at radius 2 is 1.76 bits per heavy atom. The number of hydrogen-bond acceptors (Lipinski definition) is 7. The minimum absolute atomic E-state index is 0.0892. The molecule has 8 rings (SSSR count). The number of phenols is 1. The number of phenolic OH excluding ortho intramolecular Hbond substituents is 1. The molecule has 1 aromatic heterocycles. The first-order chi connectivity index (χ1) is 20.5. The van der Waals surface area contributed by atoms with Gasteiger partial charge in [0.2, 0.25) is 0 Å². The first kappa shape index (κ1) is 25.4. The van der Waals surface area contributed by atoms with Crippen molar-refractivity contribution in [3.8, 4) is 28.6 Å². The first-order valence-electron chi connectivity index (χ1n) is 14.7. The van der Waals surface area contributed by atoms with Gasteiger partial charge in [0.1, 0.15) is 22.8 Å². The lowest BCUT2D eigenvalue weighted by Crippen LogP contribution is -2.51. The fraction of sp³-hybridized carbons (Fsp3) is 0.294. The highest BCUT2D eigenvalue weighted by Crippen LogP contribution is 2.40. The number of aromatic nitrogens is 2. The second-order valence-electron chi connectivity index (χ2n) is 11.9. The number of ether oxygens (including phenoxy) is 1. The van der Waals surface area contributed by atoms with E-state index >= 15 is 4.39 Å². The normalized spacial score (nSPS) is 20.3. The van der Waals surface area contributed by atoms with E-state index in [2.05, 4.69) is 28.2 Å². The van der Waals surface area contributed by atoms with E-state index in [0.717, 1.165) is 67.5 Å². The Hall–Kier alpha value is -4.27. The molecule has 2 N–H and O–H groups in total. The monoisotopic (exact) mass is 561 g/mol. The van der Waals surface area contributed by atoms with Crippen LogP contribution in [0.15, 0.2) is 66.7 Å². The molecule has 4 aromatic carbocycles. The molecule has 212 valence electrons. The van der Waals surface area contributed by atoms with Gasteiger partial charge in [0, 0.05) is 54.8 Å². The van der Waals surface area contributed by atoms with E-state index in [1.165, 1.54) is 5.56 Å². The number of likely N-dealkylation sites (N-methyl/N-ethyl adjacent to an activating group) is 1. The highest BCUT2D eigenvalue weighted by atomic mass is 19.1. The molecule has 4 heterocycles. The predicted molar refractivity (Wildman–Crippen MR) is 163 cm³/mol. The maximum absolute atomic E-state index is 16.7. The smallest absolute Gasteiger partial charge is 0.324 e. The van der Waals surface area contributed by atoms with Crippen molar-refractivity contribution in [2.24, 2.45) is 0 Å². The Bertz CT molecular complexity index is 1850. The number of nitrogens with one attached hydrogen (secondary N) is 1. The van der Waals surface area contributed by atoms with Crippen LogP contribution in [0, 0.1) is 5.82 Å². The third-order valence-corrected chi connectivity index (χ3v) is 9.03. The van der Waals surface area contributed by atoms with Gasteiger partial charge >= 0.3 is 6.01 Å². The average Bonchev–Trinajstić information content (AvgIpc) is 3.33. The van der Waals surface area contributed by atoms with Crippen LogP contribution in [0.5, 0.6) is 17.5 Å². The molecule has 2 saturated heterocycles. The molecule has 8 heteroatoms. The van der Waals surface area contributed by atoms with Crippen molar-refractivity contribution in [1.82, 2.24) is 20.2 Å². The number of halogens is 1. The van der Waals surface area contributed by atoms with Crippen LogP contribution in [-0.4, -0.2) is 58.7 Å². The number of fused-ring (bicyclic) bond motifs is 5. The number of nitrogens with zero attached hydrogens (tertiary/aromatic N) is 4. The number of benzene rings is 4. The van der Waals surface area contributed by atoms with Gasteiger partial charge in [0.15, 0.2) is 5.82 Å². The number of aromatic hydroxyl groups is 1. The Balaban J connectivity index is 1.30. The predicted octanol–water partition coefficient (Wildman–Crippen LogP) is 6.02. The van der Waals surface area contributed by atoms with E-state index < -0.39 is 5.82 Å². The lowest BCUT2D eigenvalue weighted by molar-refractivity contribution is 0.308. The summed E-state index contributed by atoms with van der Waals surface area (Å²) >= 11 is 0. The van der Waals surface area contributed by atoms with Crippen molar-refractivity contribution >= 4 is 27.5 Å². The SMILES string of the molecule is CN1CCc2c(cccc2Oc2nc(N3CC4CCC(C3)N4)c3ccc(-c4cc(O)cc5ccccc45)c(F)c3n2)C1. The zero-order chi connectivity index (χ0) is 28.4. The molecule has 0 amide bonds. The van der Waals surface area contributed by atoms with Gasteiger partial charge in [0.25, 0.3) is 0 Å². The molecule has 0 spiro atoms. The van der Waals surface area contributed by atoms with Gasteiger partial charge in [-0.1, -0.05) is 42.5 Å².